The van der Waals surface area contributed by atoms with E-state index in [1.807, 2.05) is 19.9 Å². The van der Waals surface area contributed by atoms with Gasteiger partial charge in [-0.2, -0.15) is 5.26 Å². The highest BCUT2D eigenvalue weighted by molar-refractivity contribution is 7.99. The quantitative estimate of drug-likeness (QED) is 0.427. The molecule has 1 aromatic heterocycles. The first-order valence-corrected chi connectivity index (χ1v) is 9.63. The molecular weight excluding hydrogens is 352 g/mol. The number of aromatic nitrogens is 2. The van der Waals surface area contributed by atoms with E-state index in [0.717, 1.165) is 30.7 Å². The molecule has 1 aliphatic carbocycles. The number of nitriles is 1. The predicted octanol–water partition coefficient (Wildman–Crippen LogP) is 2.41. The smallest absolute Gasteiger partial charge is 0.316 e. The average molecular weight is 376 g/mol. The molecule has 0 spiro atoms. The third kappa shape index (κ3) is 5.18. The van der Waals surface area contributed by atoms with Crippen molar-refractivity contribution >= 4 is 23.6 Å². The number of aryl methyl sites for hydroxylation is 2. The van der Waals surface area contributed by atoms with E-state index in [1.165, 1.54) is 16.7 Å². The Bertz CT molecular complexity index is 691. The zero-order valence-electron chi connectivity index (χ0n) is 15.4. The van der Waals surface area contributed by atoms with Gasteiger partial charge in [-0.25, -0.2) is 9.97 Å². The van der Waals surface area contributed by atoms with Gasteiger partial charge in [-0.05, 0) is 32.8 Å². The van der Waals surface area contributed by atoms with Gasteiger partial charge in [0.05, 0.1) is 11.8 Å². The first kappa shape index (κ1) is 20.2. The molecule has 0 saturated heterocycles. The first-order valence-electron chi connectivity index (χ1n) is 8.65. The van der Waals surface area contributed by atoms with Crippen molar-refractivity contribution in [1.82, 2.24) is 14.9 Å². The Hall–Kier alpha value is -2.14. The van der Waals surface area contributed by atoms with E-state index < -0.39 is 11.5 Å². The summed E-state index contributed by atoms with van der Waals surface area (Å²) >= 11 is 1.17. The Morgan fingerprint density at radius 2 is 1.88 bits per heavy atom. The molecule has 0 bridgehead atoms. The van der Waals surface area contributed by atoms with Crippen LogP contribution in [0.2, 0.25) is 0 Å². The van der Waals surface area contributed by atoms with Gasteiger partial charge in [-0.1, -0.05) is 31.0 Å². The highest BCUT2D eigenvalue weighted by atomic mass is 32.2. The highest BCUT2D eigenvalue weighted by Crippen LogP contribution is 2.32. The molecule has 7 nitrogen and oxygen atoms in total. The summed E-state index contributed by atoms with van der Waals surface area (Å²) in [5, 5.41) is 10.0. The van der Waals surface area contributed by atoms with Crippen LogP contribution < -0.4 is 0 Å². The minimum absolute atomic E-state index is 0.0310. The van der Waals surface area contributed by atoms with Crippen molar-refractivity contribution in [2.75, 3.05) is 19.4 Å². The molecule has 0 radical (unpaired) electrons. The molecule has 1 fully saturated rings. The predicted molar refractivity (Wildman–Crippen MR) is 97.4 cm³/mol. The number of likely N-dealkylation sites (N-methyl/N-ethyl adjacent to an activating group) is 1. The van der Waals surface area contributed by atoms with Gasteiger partial charge in [0.1, 0.15) is 5.54 Å². The van der Waals surface area contributed by atoms with E-state index in [9.17, 15) is 14.9 Å². The van der Waals surface area contributed by atoms with Crippen LogP contribution in [0, 0.1) is 25.2 Å². The van der Waals surface area contributed by atoms with Crippen LogP contribution in [0.15, 0.2) is 11.2 Å². The molecule has 0 unspecified atom stereocenters. The van der Waals surface area contributed by atoms with E-state index >= 15 is 0 Å². The van der Waals surface area contributed by atoms with Crippen LogP contribution in [-0.2, 0) is 14.3 Å². The number of nitrogens with zero attached hydrogens (tertiary/aromatic N) is 4. The lowest BCUT2D eigenvalue weighted by Crippen LogP contribution is -2.51. The molecule has 0 aliphatic heterocycles. The number of carbonyl (C=O) groups is 2. The van der Waals surface area contributed by atoms with Crippen molar-refractivity contribution in [1.29, 1.82) is 5.26 Å². The van der Waals surface area contributed by atoms with E-state index in [-0.39, 0.29) is 18.3 Å². The lowest BCUT2D eigenvalue weighted by Gasteiger charge is -2.38. The van der Waals surface area contributed by atoms with Crippen LogP contribution in [0.1, 0.15) is 43.5 Å². The van der Waals surface area contributed by atoms with Crippen LogP contribution in [0.5, 0.6) is 0 Å². The minimum Gasteiger partial charge on any atom is -0.455 e. The molecule has 1 amide bonds. The van der Waals surface area contributed by atoms with Crippen molar-refractivity contribution in [3.05, 3.63) is 17.5 Å². The highest BCUT2D eigenvalue weighted by Gasteiger charge is 2.38. The maximum Gasteiger partial charge on any atom is 0.316 e. The summed E-state index contributed by atoms with van der Waals surface area (Å²) in [4.78, 5) is 34.2. The van der Waals surface area contributed by atoms with Crippen LogP contribution in [0.3, 0.4) is 0 Å². The maximum absolute atomic E-state index is 12.3. The van der Waals surface area contributed by atoms with Crippen LogP contribution >= 0.6 is 11.8 Å². The third-order valence-electron chi connectivity index (χ3n) is 4.54. The number of rotatable bonds is 6. The van der Waals surface area contributed by atoms with Crippen molar-refractivity contribution in [3.63, 3.8) is 0 Å². The molecule has 1 saturated carbocycles. The molecule has 0 aromatic carbocycles. The summed E-state index contributed by atoms with van der Waals surface area (Å²) in [6.45, 7) is 3.37. The number of amides is 1. The summed E-state index contributed by atoms with van der Waals surface area (Å²) in [6, 6.07) is 4.14. The van der Waals surface area contributed by atoms with Crippen LogP contribution in [0.4, 0.5) is 0 Å². The molecule has 2 rings (SSSR count). The molecule has 1 aromatic rings. The van der Waals surface area contributed by atoms with Gasteiger partial charge in [0.2, 0.25) is 0 Å². The largest absolute Gasteiger partial charge is 0.455 e. The summed E-state index contributed by atoms with van der Waals surface area (Å²) < 4.78 is 5.07. The Labute approximate surface area is 158 Å². The summed E-state index contributed by atoms with van der Waals surface area (Å²) in [5.74, 6) is -0.827. The van der Waals surface area contributed by atoms with E-state index in [1.54, 1.807) is 7.05 Å². The van der Waals surface area contributed by atoms with Gasteiger partial charge in [0.15, 0.2) is 11.8 Å². The minimum atomic E-state index is -0.774. The standard InChI is InChI=1S/C18H24N4O3S/c1-13-9-14(2)21-17(20-13)26-11-16(24)25-10-15(23)22(3)18(12-19)7-5-4-6-8-18/h9H,4-8,10-11H2,1-3H3. The van der Waals surface area contributed by atoms with Crippen LogP contribution in [0.25, 0.3) is 0 Å². The monoisotopic (exact) mass is 376 g/mol. The zero-order chi connectivity index (χ0) is 19.2. The van der Waals surface area contributed by atoms with Crippen molar-refractivity contribution < 1.29 is 14.3 Å². The van der Waals surface area contributed by atoms with E-state index in [0.29, 0.717) is 18.0 Å². The Morgan fingerprint density at radius 1 is 1.27 bits per heavy atom. The van der Waals surface area contributed by atoms with E-state index in [2.05, 4.69) is 16.0 Å². The first-order chi connectivity index (χ1) is 12.4. The van der Waals surface area contributed by atoms with Gasteiger partial charge < -0.3 is 9.64 Å². The Kier molecular flexibility index (Phi) is 6.98. The lowest BCUT2D eigenvalue weighted by atomic mass is 9.81. The molecular formula is C18H24N4O3S. The number of hydrogen-bond acceptors (Lipinski definition) is 7. The fourth-order valence-electron chi connectivity index (χ4n) is 3.06. The van der Waals surface area contributed by atoms with Gasteiger partial charge in [0.25, 0.3) is 5.91 Å². The number of hydrogen-bond donors (Lipinski definition) is 0. The maximum atomic E-state index is 12.3. The van der Waals surface area contributed by atoms with Crippen molar-refractivity contribution in [3.8, 4) is 6.07 Å². The van der Waals surface area contributed by atoms with Gasteiger partial charge in [0, 0.05) is 18.4 Å². The van der Waals surface area contributed by atoms with Crippen molar-refractivity contribution in [2.45, 2.75) is 56.6 Å². The number of thioether (sulfide) groups is 1. The second-order valence-electron chi connectivity index (χ2n) is 6.54. The summed E-state index contributed by atoms with van der Waals surface area (Å²) in [5.41, 5.74) is 0.891. The average Bonchev–Trinajstić information content (AvgIpc) is 2.63. The SMILES string of the molecule is Cc1cc(C)nc(SCC(=O)OCC(=O)N(C)C2(C#N)CCCCC2)n1. The van der Waals surface area contributed by atoms with Gasteiger partial charge >= 0.3 is 5.97 Å². The molecule has 0 N–H and O–H groups in total. The molecule has 26 heavy (non-hydrogen) atoms. The Balaban J connectivity index is 1.82. The normalized spacial score (nSPS) is 15.8. The second kappa shape index (κ2) is 8.99. The fraction of sp³-hybridized carbons (Fsp3) is 0.611. The molecule has 1 heterocycles. The molecule has 8 heteroatoms. The molecule has 1 aliphatic rings. The number of ether oxygens (including phenoxy) is 1. The summed E-state index contributed by atoms with van der Waals surface area (Å²) in [6.07, 6.45) is 4.27. The van der Waals surface area contributed by atoms with Gasteiger partial charge in [-0.15, -0.1) is 0 Å². The zero-order valence-corrected chi connectivity index (χ0v) is 16.3. The second-order valence-corrected chi connectivity index (χ2v) is 7.48. The molecule has 140 valence electrons. The van der Waals surface area contributed by atoms with E-state index in [4.69, 9.17) is 4.74 Å². The number of esters is 1. The van der Waals surface area contributed by atoms with Gasteiger partial charge in [-0.3, -0.25) is 9.59 Å². The molecule has 0 atom stereocenters. The topological polar surface area (TPSA) is 96.2 Å². The third-order valence-corrected chi connectivity index (χ3v) is 5.36. The Morgan fingerprint density at radius 3 is 2.46 bits per heavy atom. The van der Waals surface area contributed by atoms with Crippen molar-refractivity contribution in [2.24, 2.45) is 0 Å². The summed E-state index contributed by atoms with van der Waals surface area (Å²) in [7, 11) is 1.61. The number of carbonyl (C=O) groups excluding carboxylic acids is 2. The fourth-order valence-corrected chi connectivity index (χ4v) is 3.81. The van der Waals surface area contributed by atoms with Crippen LogP contribution in [-0.4, -0.2) is 51.7 Å². The lowest BCUT2D eigenvalue weighted by molar-refractivity contribution is -0.151.